The van der Waals surface area contributed by atoms with Crippen molar-refractivity contribution in [1.82, 2.24) is 15.1 Å². The fraction of sp³-hybridized carbons (Fsp3) is 1.00. The van der Waals surface area contributed by atoms with E-state index in [0.29, 0.717) is 12.1 Å². The average Bonchev–Trinajstić information content (AvgIpc) is 2.38. The van der Waals surface area contributed by atoms with E-state index < -0.39 is 0 Å². The van der Waals surface area contributed by atoms with Gasteiger partial charge in [-0.25, -0.2) is 0 Å². The summed E-state index contributed by atoms with van der Waals surface area (Å²) in [7, 11) is 4.65. The molecular formula is C17H35N3. The molecular weight excluding hydrogens is 246 g/mol. The fourth-order valence-electron chi connectivity index (χ4n) is 4.71. The molecule has 0 amide bonds. The summed E-state index contributed by atoms with van der Waals surface area (Å²) < 4.78 is 0. The van der Waals surface area contributed by atoms with Gasteiger partial charge < -0.3 is 10.2 Å². The van der Waals surface area contributed by atoms with Crippen molar-refractivity contribution in [1.29, 1.82) is 0 Å². The molecule has 1 heterocycles. The maximum Gasteiger partial charge on any atom is 0.0275 e. The van der Waals surface area contributed by atoms with Gasteiger partial charge in [0.2, 0.25) is 0 Å². The first-order valence-corrected chi connectivity index (χ1v) is 8.66. The van der Waals surface area contributed by atoms with E-state index in [1.165, 1.54) is 38.8 Å². The van der Waals surface area contributed by atoms with Gasteiger partial charge >= 0.3 is 0 Å². The van der Waals surface area contributed by atoms with Crippen LogP contribution < -0.4 is 5.32 Å². The van der Waals surface area contributed by atoms with E-state index in [4.69, 9.17) is 0 Å². The van der Waals surface area contributed by atoms with Crippen LogP contribution in [0.2, 0.25) is 0 Å². The summed E-state index contributed by atoms with van der Waals surface area (Å²) in [5, 5.41) is 3.77. The Labute approximate surface area is 126 Å². The monoisotopic (exact) mass is 281 g/mol. The van der Waals surface area contributed by atoms with Crippen LogP contribution in [0.15, 0.2) is 0 Å². The SMILES string of the molecule is CCNC1CC(C)CC(C)C1N(C)C1CCCN(C)C1. The van der Waals surface area contributed by atoms with Crippen molar-refractivity contribution in [2.45, 2.75) is 64.6 Å². The highest BCUT2D eigenvalue weighted by atomic mass is 15.2. The van der Waals surface area contributed by atoms with Gasteiger partial charge in [-0.05, 0) is 64.7 Å². The highest BCUT2D eigenvalue weighted by Gasteiger charge is 2.38. The van der Waals surface area contributed by atoms with Crippen LogP contribution in [0.25, 0.3) is 0 Å². The molecule has 0 aromatic heterocycles. The van der Waals surface area contributed by atoms with Crippen LogP contribution in [0.1, 0.15) is 46.5 Å². The molecule has 3 nitrogen and oxygen atoms in total. The maximum absolute atomic E-state index is 3.77. The molecule has 1 saturated heterocycles. The quantitative estimate of drug-likeness (QED) is 0.854. The number of likely N-dealkylation sites (tertiary alicyclic amines) is 1. The lowest BCUT2D eigenvalue weighted by molar-refractivity contribution is 0.0256. The molecule has 3 heteroatoms. The van der Waals surface area contributed by atoms with Crippen molar-refractivity contribution < 1.29 is 0 Å². The second kappa shape index (κ2) is 7.24. The number of rotatable bonds is 4. The number of hydrogen-bond acceptors (Lipinski definition) is 3. The van der Waals surface area contributed by atoms with Gasteiger partial charge in [0.25, 0.3) is 0 Å². The van der Waals surface area contributed by atoms with E-state index in [9.17, 15) is 0 Å². The maximum atomic E-state index is 3.77. The lowest BCUT2D eigenvalue weighted by Gasteiger charge is -2.49. The van der Waals surface area contributed by atoms with Gasteiger partial charge in [0.05, 0.1) is 0 Å². The molecule has 2 aliphatic rings. The van der Waals surface area contributed by atoms with Gasteiger partial charge in [-0.3, -0.25) is 4.90 Å². The largest absolute Gasteiger partial charge is 0.313 e. The van der Waals surface area contributed by atoms with Gasteiger partial charge in [0, 0.05) is 24.7 Å². The second-order valence-electron chi connectivity index (χ2n) is 7.43. The molecule has 0 aromatic carbocycles. The van der Waals surface area contributed by atoms with Crippen molar-refractivity contribution in [3.63, 3.8) is 0 Å². The number of nitrogens with zero attached hydrogens (tertiary/aromatic N) is 2. The smallest absolute Gasteiger partial charge is 0.0275 e. The third kappa shape index (κ3) is 3.75. The van der Waals surface area contributed by atoms with E-state index in [0.717, 1.165) is 24.4 Å². The molecule has 0 bridgehead atoms. The highest BCUT2D eigenvalue weighted by molar-refractivity contribution is 4.95. The lowest BCUT2D eigenvalue weighted by atomic mass is 9.75. The minimum Gasteiger partial charge on any atom is -0.313 e. The molecule has 5 atom stereocenters. The van der Waals surface area contributed by atoms with E-state index in [1.54, 1.807) is 0 Å². The van der Waals surface area contributed by atoms with Gasteiger partial charge in [-0.15, -0.1) is 0 Å². The molecule has 2 rings (SSSR count). The zero-order valence-electron chi connectivity index (χ0n) is 14.2. The van der Waals surface area contributed by atoms with Crippen LogP contribution in [0.3, 0.4) is 0 Å². The third-order valence-corrected chi connectivity index (χ3v) is 5.54. The van der Waals surface area contributed by atoms with Crippen molar-refractivity contribution in [3.8, 4) is 0 Å². The molecule has 1 saturated carbocycles. The standard InChI is InChI=1S/C17H35N3/c1-6-18-16-11-13(2)10-14(3)17(16)20(5)15-8-7-9-19(4)12-15/h13-18H,6-12H2,1-5H3. The molecule has 1 N–H and O–H groups in total. The fourth-order valence-corrected chi connectivity index (χ4v) is 4.71. The summed E-state index contributed by atoms with van der Waals surface area (Å²) in [6.07, 6.45) is 5.46. The molecule has 118 valence electrons. The number of likely N-dealkylation sites (N-methyl/N-ethyl adjacent to an activating group) is 3. The van der Waals surface area contributed by atoms with E-state index in [2.05, 4.69) is 50.0 Å². The van der Waals surface area contributed by atoms with E-state index >= 15 is 0 Å². The zero-order valence-corrected chi connectivity index (χ0v) is 14.2. The molecule has 0 radical (unpaired) electrons. The molecule has 1 aliphatic heterocycles. The molecule has 20 heavy (non-hydrogen) atoms. The summed E-state index contributed by atoms with van der Waals surface area (Å²) >= 11 is 0. The molecule has 0 spiro atoms. The molecule has 1 aliphatic carbocycles. The number of piperidine rings is 1. The summed E-state index contributed by atoms with van der Waals surface area (Å²) in [6, 6.07) is 2.13. The highest BCUT2D eigenvalue weighted by Crippen LogP contribution is 2.33. The lowest BCUT2D eigenvalue weighted by Crippen LogP contribution is -2.60. The number of hydrogen-bond donors (Lipinski definition) is 1. The van der Waals surface area contributed by atoms with Gasteiger partial charge in [-0.1, -0.05) is 20.8 Å². The predicted octanol–water partition coefficient (Wildman–Crippen LogP) is 2.43. The molecule has 5 unspecified atom stereocenters. The van der Waals surface area contributed by atoms with E-state index in [-0.39, 0.29) is 0 Å². The van der Waals surface area contributed by atoms with Crippen molar-refractivity contribution >= 4 is 0 Å². The van der Waals surface area contributed by atoms with Crippen molar-refractivity contribution in [2.75, 3.05) is 33.7 Å². The van der Waals surface area contributed by atoms with Gasteiger partial charge in [0.15, 0.2) is 0 Å². The summed E-state index contributed by atoms with van der Waals surface area (Å²) in [6.45, 7) is 10.7. The third-order valence-electron chi connectivity index (χ3n) is 5.54. The van der Waals surface area contributed by atoms with Crippen LogP contribution in [-0.2, 0) is 0 Å². The Bertz CT molecular complexity index is 294. The van der Waals surface area contributed by atoms with Crippen LogP contribution >= 0.6 is 0 Å². The Morgan fingerprint density at radius 2 is 2.00 bits per heavy atom. The van der Waals surface area contributed by atoms with Gasteiger partial charge in [0.1, 0.15) is 0 Å². The first-order chi connectivity index (χ1) is 9.52. The second-order valence-corrected chi connectivity index (χ2v) is 7.43. The minimum absolute atomic E-state index is 0.677. The summed E-state index contributed by atoms with van der Waals surface area (Å²) in [4.78, 5) is 5.22. The Balaban J connectivity index is 2.05. The summed E-state index contributed by atoms with van der Waals surface area (Å²) in [5.41, 5.74) is 0. The van der Waals surface area contributed by atoms with Crippen LogP contribution in [0, 0.1) is 11.8 Å². The Hall–Kier alpha value is -0.120. The Morgan fingerprint density at radius 3 is 2.65 bits per heavy atom. The zero-order chi connectivity index (χ0) is 14.7. The summed E-state index contributed by atoms with van der Waals surface area (Å²) in [5.74, 6) is 1.67. The van der Waals surface area contributed by atoms with E-state index in [1.807, 2.05) is 0 Å². The van der Waals surface area contributed by atoms with Crippen LogP contribution in [0.5, 0.6) is 0 Å². The van der Waals surface area contributed by atoms with Crippen LogP contribution in [-0.4, -0.2) is 61.7 Å². The normalized spacial score (nSPS) is 40.2. The first kappa shape index (κ1) is 16.3. The predicted molar refractivity (Wildman–Crippen MR) is 87.1 cm³/mol. The molecule has 0 aromatic rings. The Kier molecular flexibility index (Phi) is 5.88. The molecule has 2 fully saturated rings. The van der Waals surface area contributed by atoms with Crippen molar-refractivity contribution in [3.05, 3.63) is 0 Å². The first-order valence-electron chi connectivity index (χ1n) is 8.66. The average molecular weight is 281 g/mol. The van der Waals surface area contributed by atoms with Gasteiger partial charge in [-0.2, -0.15) is 0 Å². The van der Waals surface area contributed by atoms with Crippen LogP contribution in [0.4, 0.5) is 0 Å². The topological polar surface area (TPSA) is 18.5 Å². The minimum atomic E-state index is 0.677. The number of nitrogens with one attached hydrogen (secondary N) is 1. The Morgan fingerprint density at radius 1 is 1.25 bits per heavy atom. The van der Waals surface area contributed by atoms with Crippen molar-refractivity contribution in [2.24, 2.45) is 11.8 Å².